The van der Waals surface area contributed by atoms with E-state index < -0.39 is 5.92 Å². The van der Waals surface area contributed by atoms with Gasteiger partial charge in [0.15, 0.2) is 10.1 Å². The van der Waals surface area contributed by atoms with Crippen molar-refractivity contribution in [2.75, 3.05) is 23.1 Å². The number of anilines is 2. The van der Waals surface area contributed by atoms with Crippen LogP contribution in [0.3, 0.4) is 0 Å². The van der Waals surface area contributed by atoms with Crippen molar-refractivity contribution in [1.29, 1.82) is 5.26 Å². The number of Topliss-reactive ketones (excluding diaryl/α,β-unsaturated/α-hetero) is 1. The van der Waals surface area contributed by atoms with Gasteiger partial charge in [0, 0.05) is 22.7 Å². The van der Waals surface area contributed by atoms with E-state index in [0.29, 0.717) is 49.9 Å². The molecule has 210 valence electrons. The number of benzene rings is 2. The monoisotopic (exact) mass is 606 g/mol. The minimum Gasteiger partial charge on any atom is -0.495 e. The summed E-state index contributed by atoms with van der Waals surface area (Å²) >= 11 is 8.52. The molecule has 2 aromatic carbocycles. The van der Waals surface area contributed by atoms with Crippen LogP contribution in [-0.4, -0.2) is 34.8 Å². The van der Waals surface area contributed by atoms with Gasteiger partial charge in [0.2, 0.25) is 11.0 Å². The molecule has 12 heteroatoms. The van der Waals surface area contributed by atoms with Gasteiger partial charge in [-0.3, -0.25) is 14.5 Å². The van der Waals surface area contributed by atoms with Crippen molar-refractivity contribution in [2.24, 2.45) is 11.1 Å². The molecule has 0 fully saturated rings. The van der Waals surface area contributed by atoms with Crippen molar-refractivity contribution < 1.29 is 14.3 Å². The molecule has 5 rings (SSSR count). The average molecular weight is 607 g/mol. The molecule has 1 unspecified atom stereocenters. The van der Waals surface area contributed by atoms with E-state index in [0.717, 1.165) is 11.3 Å². The summed E-state index contributed by atoms with van der Waals surface area (Å²) in [6.45, 7) is 4.08. The van der Waals surface area contributed by atoms with Gasteiger partial charge in [0.25, 0.3) is 0 Å². The van der Waals surface area contributed by atoms with E-state index in [1.54, 1.807) is 23.1 Å². The molecule has 1 atom stereocenters. The van der Waals surface area contributed by atoms with Gasteiger partial charge in [-0.15, -0.1) is 10.2 Å². The van der Waals surface area contributed by atoms with Gasteiger partial charge in [-0.2, -0.15) is 5.26 Å². The number of nitrogens with two attached hydrogens (primary N) is 1. The van der Waals surface area contributed by atoms with Crippen LogP contribution in [-0.2, 0) is 9.59 Å². The number of allylic oxidation sites excluding steroid dienone is 3. The van der Waals surface area contributed by atoms with Crippen molar-refractivity contribution in [3.8, 4) is 11.8 Å². The highest BCUT2D eigenvalue weighted by Crippen LogP contribution is 2.50. The number of methoxy groups -OCH3 is 1. The van der Waals surface area contributed by atoms with E-state index in [-0.39, 0.29) is 28.7 Å². The fraction of sp³-hybridized carbons (Fsp3) is 0.276. The topological polar surface area (TPSA) is 134 Å². The third kappa shape index (κ3) is 5.81. The number of nitrogens with zero attached hydrogens (tertiary/aromatic N) is 4. The Morgan fingerprint density at radius 1 is 1.27 bits per heavy atom. The molecule has 3 N–H and O–H groups in total. The van der Waals surface area contributed by atoms with Crippen LogP contribution >= 0.6 is 34.7 Å². The Labute approximate surface area is 251 Å². The molecule has 0 saturated carbocycles. The minimum absolute atomic E-state index is 0.0115. The first-order valence-corrected chi connectivity index (χ1v) is 14.9. The normalized spacial score (nSPS) is 18.2. The van der Waals surface area contributed by atoms with Gasteiger partial charge in [-0.05, 0) is 35.6 Å². The van der Waals surface area contributed by atoms with Crippen LogP contribution < -0.4 is 20.7 Å². The molecule has 1 amide bonds. The van der Waals surface area contributed by atoms with Gasteiger partial charge in [0.05, 0.1) is 36.1 Å². The molecule has 2 aliphatic rings. The number of carbonyl (C=O) groups is 2. The van der Waals surface area contributed by atoms with Crippen LogP contribution in [0.2, 0.25) is 5.02 Å². The Bertz CT molecular complexity index is 1630. The number of carbonyl (C=O) groups excluding carboxylic acids is 2. The van der Waals surface area contributed by atoms with Crippen LogP contribution in [0.25, 0.3) is 0 Å². The molecule has 1 aromatic heterocycles. The summed E-state index contributed by atoms with van der Waals surface area (Å²) in [4.78, 5) is 28.0. The second-order valence-corrected chi connectivity index (χ2v) is 13.0. The molecule has 0 saturated heterocycles. The largest absolute Gasteiger partial charge is 0.495 e. The highest BCUT2D eigenvalue weighted by atomic mass is 35.5. The van der Waals surface area contributed by atoms with E-state index in [1.165, 1.54) is 30.2 Å². The Hall–Kier alpha value is -3.85. The molecule has 1 aliphatic carbocycles. The van der Waals surface area contributed by atoms with Crippen LogP contribution in [0.5, 0.6) is 5.75 Å². The van der Waals surface area contributed by atoms with E-state index in [9.17, 15) is 14.9 Å². The van der Waals surface area contributed by atoms with Crippen LogP contribution in [0.4, 0.5) is 10.8 Å². The molecule has 0 bridgehead atoms. The summed E-state index contributed by atoms with van der Waals surface area (Å²) in [5, 5.41) is 22.5. The average Bonchev–Trinajstić information content (AvgIpc) is 3.39. The van der Waals surface area contributed by atoms with E-state index in [4.69, 9.17) is 22.1 Å². The van der Waals surface area contributed by atoms with E-state index in [2.05, 4.69) is 21.6 Å². The molecule has 1 aliphatic heterocycles. The predicted octanol–water partition coefficient (Wildman–Crippen LogP) is 5.87. The number of thioether (sulfide) groups is 1. The van der Waals surface area contributed by atoms with Gasteiger partial charge < -0.3 is 15.8 Å². The third-order valence-corrected chi connectivity index (χ3v) is 9.14. The van der Waals surface area contributed by atoms with Crippen LogP contribution in [0, 0.1) is 16.7 Å². The highest BCUT2D eigenvalue weighted by molar-refractivity contribution is 8.01. The number of amides is 1. The molecule has 9 nitrogen and oxygen atoms in total. The second-order valence-electron chi connectivity index (χ2n) is 10.4. The van der Waals surface area contributed by atoms with Crippen molar-refractivity contribution in [2.45, 2.75) is 36.9 Å². The second kappa shape index (κ2) is 11.6. The van der Waals surface area contributed by atoms with Crippen molar-refractivity contribution in [1.82, 2.24) is 10.2 Å². The third-order valence-electron chi connectivity index (χ3n) is 6.86. The quantitative estimate of drug-likeness (QED) is 0.316. The molecular formula is C29H27ClN6O3S2. The maximum atomic E-state index is 13.6. The van der Waals surface area contributed by atoms with Crippen molar-refractivity contribution in [3.63, 3.8) is 0 Å². The number of halogens is 1. The summed E-state index contributed by atoms with van der Waals surface area (Å²) in [5.41, 5.74) is 9.27. The summed E-state index contributed by atoms with van der Waals surface area (Å²) in [6, 6.07) is 16.7. The Kier molecular flexibility index (Phi) is 8.09. The Morgan fingerprint density at radius 2 is 2.02 bits per heavy atom. The zero-order chi connectivity index (χ0) is 29.3. The number of ether oxygens (including phenoxy) is 1. The van der Waals surface area contributed by atoms with Crippen molar-refractivity contribution >= 4 is 57.2 Å². The lowest BCUT2D eigenvalue weighted by molar-refractivity contribution is -0.118. The number of hydrogen-bond donors (Lipinski definition) is 2. The lowest BCUT2D eigenvalue weighted by atomic mass is 9.69. The van der Waals surface area contributed by atoms with Gasteiger partial charge in [-0.25, -0.2) is 0 Å². The molecule has 3 aromatic rings. The SMILES string of the molecule is COc1ccc(Cl)cc1NC(=O)CSc1nnc(N2C(N)=C(C#N)C(c3ccccc3)C3=C2CC(C)(C)CC3=O)s1. The smallest absolute Gasteiger partial charge is 0.234 e. The first-order valence-electron chi connectivity index (χ1n) is 12.7. The lowest BCUT2D eigenvalue weighted by Gasteiger charge is -2.42. The van der Waals surface area contributed by atoms with E-state index >= 15 is 0 Å². The van der Waals surface area contributed by atoms with E-state index in [1.807, 2.05) is 44.2 Å². The molecule has 0 spiro atoms. The summed E-state index contributed by atoms with van der Waals surface area (Å²) in [6.07, 6.45) is 0.939. The molecule has 2 heterocycles. The fourth-order valence-corrected chi connectivity index (χ4v) is 7.00. The fourth-order valence-electron chi connectivity index (χ4n) is 5.15. The summed E-state index contributed by atoms with van der Waals surface area (Å²) < 4.78 is 5.83. The minimum atomic E-state index is -0.551. The molecule has 0 radical (unpaired) electrons. The number of rotatable bonds is 7. The number of ketones is 1. The number of aromatic nitrogens is 2. The highest BCUT2D eigenvalue weighted by Gasteiger charge is 2.45. The predicted molar refractivity (Wildman–Crippen MR) is 161 cm³/mol. The first kappa shape index (κ1) is 28.7. The summed E-state index contributed by atoms with van der Waals surface area (Å²) in [5.74, 6) is -0.0489. The van der Waals surface area contributed by atoms with Crippen LogP contribution in [0.1, 0.15) is 38.2 Å². The van der Waals surface area contributed by atoms with Gasteiger partial charge in [0.1, 0.15) is 11.6 Å². The zero-order valence-electron chi connectivity index (χ0n) is 22.6. The maximum absolute atomic E-state index is 13.6. The number of nitrogens with one attached hydrogen (secondary N) is 1. The Morgan fingerprint density at radius 3 is 2.73 bits per heavy atom. The van der Waals surface area contributed by atoms with Crippen molar-refractivity contribution in [3.05, 3.63) is 81.8 Å². The standard InChI is InChI=1S/C29H27ClN6O3S2/c1-29(2)12-20-25(21(37)13-29)24(16-7-5-4-6-8-16)18(14-31)26(32)36(20)27-34-35-28(41-27)40-15-23(38)33-19-11-17(30)9-10-22(19)39-3/h4-11,24H,12-13,15,32H2,1-3H3,(H,33,38). The lowest BCUT2D eigenvalue weighted by Crippen LogP contribution is -2.42. The zero-order valence-corrected chi connectivity index (χ0v) is 25.0. The molecular weight excluding hydrogens is 580 g/mol. The van der Waals surface area contributed by atoms with Crippen LogP contribution in [0.15, 0.2) is 75.5 Å². The number of hydrogen-bond acceptors (Lipinski definition) is 10. The number of nitriles is 1. The molecule has 41 heavy (non-hydrogen) atoms. The summed E-state index contributed by atoms with van der Waals surface area (Å²) in [7, 11) is 1.51. The van der Waals surface area contributed by atoms with Gasteiger partial charge in [-0.1, -0.05) is 78.9 Å². The van der Waals surface area contributed by atoms with Gasteiger partial charge >= 0.3 is 0 Å². The Balaban J connectivity index is 1.44. The first-order chi connectivity index (χ1) is 19.6. The maximum Gasteiger partial charge on any atom is 0.234 e.